The first-order valence-corrected chi connectivity index (χ1v) is 7.73. The molecule has 0 atom stereocenters. The van der Waals surface area contributed by atoms with E-state index < -0.39 is 5.24 Å². The average molecular weight is 295 g/mol. The lowest BCUT2D eigenvalue weighted by molar-refractivity contribution is 0.108. The van der Waals surface area contributed by atoms with Crippen LogP contribution in [0.5, 0.6) is 5.75 Å². The van der Waals surface area contributed by atoms with Crippen molar-refractivity contribution >= 4 is 16.8 Å². The molecule has 0 fully saturated rings. The number of hydrogen-bond acceptors (Lipinski definition) is 2. The van der Waals surface area contributed by atoms with Gasteiger partial charge < -0.3 is 4.74 Å². The largest absolute Gasteiger partial charge is 0.465 e. The number of halogens is 1. The predicted octanol–water partition coefficient (Wildman–Crippen LogP) is 5.71. The van der Waals surface area contributed by atoms with Crippen molar-refractivity contribution in [3.05, 3.63) is 42.2 Å². The average Bonchev–Trinajstić information content (AvgIpc) is 2.46. The van der Waals surface area contributed by atoms with E-state index in [-0.39, 0.29) is 0 Å². The second-order valence-corrected chi connectivity index (χ2v) is 5.19. The SMILES string of the molecule is CCCCCCCC/C=C/Oc1ccc(C(=O)Cl)cc1. The fourth-order valence-electron chi connectivity index (χ4n) is 1.90. The first-order chi connectivity index (χ1) is 9.74. The zero-order valence-electron chi connectivity index (χ0n) is 12.1. The molecule has 0 aliphatic carbocycles. The summed E-state index contributed by atoms with van der Waals surface area (Å²) >= 11 is 5.37. The molecule has 0 spiro atoms. The molecule has 0 unspecified atom stereocenters. The molecule has 3 heteroatoms. The van der Waals surface area contributed by atoms with Gasteiger partial charge >= 0.3 is 0 Å². The van der Waals surface area contributed by atoms with E-state index >= 15 is 0 Å². The van der Waals surface area contributed by atoms with E-state index in [1.54, 1.807) is 30.5 Å². The van der Waals surface area contributed by atoms with Crippen LogP contribution in [-0.4, -0.2) is 5.24 Å². The summed E-state index contributed by atoms with van der Waals surface area (Å²) in [6, 6.07) is 6.80. The van der Waals surface area contributed by atoms with Crippen molar-refractivity contribution in [2.75, 3.05) is 0 Å². The van der Waals surface area contributed by atoms with Gasteiger partial charge in [-0.3, -0.25) is 4.79 Å². The van der Waals surface area contributed by atoms with Crippen LogP contribution in [0.2, 0.25) is 0 Å². The third kappa shape index (κ3) is 7.34. The number of carbonyl (C=O) groups is 1. The van der Waals surface area contributed by atoms with Gasteiger partial charge in [0.1, 0.15) is 5.75 Å². The van der Waals surface area contributed by atoms with Crippen molar-refractivity contribution in [3.8, 4) is 5.75 Å². The smallest absolute Gasteiger partial charge is 0.252 e. The monoisotopic (exact) mass is 294 g/mol. The zero-order chi connectivity index (χ0) is 14.6. The number of allylic oxidation sites excluding steroid dienone is 1. The van der Waals surface area contributed by atoms with E-state index in [9.17, 15) is 4.79 Å². The third-order valence-corrected chi connectivity index (χ3v) is 3.32. The maximum absolute atomic E-state index is 10.9. The molecule has 0 heterocycles. The Morgan fingerprint density at radius 3 is 2.40 bits per heavy atom. The highest BCUT2D eigenvalue weighted by molar-refractivity contribution is 6.67. The number of carbonyl (C=O) groups excluding carboxylic acids is 1. The fourth-order valence-corrected chi connectivity index (χ4v) is 2.03. The van der Waals surface area contributed by atoms with Gasteiger partial charge in [-0.25, -0.2) is 0 Å². The lowest BCUT2D eigenvalue weighted by atomic mass is 10.1. The van der Waals surface area contributed by atoms with Gasteiger partial charge in [-0.1, -0.05) is 39.0 Å². The van der Waals surface area contributed by atoms with Gasteiger partial charge in [0.15, 0.2) is 0 Å². The highest BCUT2D eigenvalue weighted by atomic mass is 35.5. The van der Waals surface area contributed by atoms with E-state index in [0.717, 1.165) is 6.42 Å². The predicted molar refractivity (Wildman–Crippen MR) is 84.4 cm³/mol. The minimum absolute atomic E-state index is 0.449. The van der Waals surface area contributed by atoms with Crippen molar-refractivity contribution in [3.63, 3.8) is 0 Å². The van der Waals surface area contributed by atoms with Crippen LogP contribution in [0, 0.1) is 0 Å². The summed E-state index contributed by atoms with van der Waals surface area (Å²) in [5.74, 6) is 0.714. The number of ether oxygens (including phenoxy) is 1. The van der Waals surface area contributed by atoms with E-state index in [1.165, 1.54) is 38.5 Å². The van der Waals surface area contributed by atoms with Crippen LogP contribution in [0.25, 0.3) is 0 Å². The Bertz CT molecular complexity index is 410. The molecule has 0 radical (unpaired) electrons. The van der Waals surface area contributed by atoms with Crippen LogP contribution in [0.1, 0.15) is 62.2 Å². The van der Waals surface area contributed by atoms with Crippen LogP contribution in [0.3, 0.4) is 0 Å². The van der Waals surface area contributed by atoms with Crippen molar-refractivity contribution < 1.29 is 9.53 Å². The molecule has 0 bridgehead atoms. The van der Waals surface area contributed by atoms with Gasteiger partial charge in [0.2, 0.25) is 0 Å². The van der Waals surface area contributed by atoms with Crippen LogP contribution in [0.4, 0.5) is 0 Å². The molecule has 1 rings (SSSR count). The molecule has 0 aliphatic rings. The molecule has 0 aromatic heterocycles. The number of hydrogen-bond donors (Lipinski definition) is 0. The van der Waals surface area contributed by atoms with Gasteiger partial charge in [-0.2, -0.15) is 0 Å². The molecule has 2 nitrogen and oxygen atoms in total. The Hall–Kier alpha value is -1.28. The normalized spacial score (nSPS) is 10.9. The molecule has 0 saturated carbocycles. The lowest BCUT2D eigenvalue weighted by Gasteiger charge is -2.01. The lowest BCUT2D eigenvalue weighted by Crippen LogP contribution is -1.88. The molecule has 0 saturated heterocycles. The molecule has 1 aromatic carbocycles. The van der Waals surface area contributed by atoms with E-state index in [1.807, 2.05) is 6.08 Å². The topological polar surface area (TPSA) is 26.3 Å². The summed E-state index contributed by atoms with van der Waals surface area (Å²) in [6.07, 6.45) is 12.6. The third-order valence-electron chi connectivity index (χ3n) is 3.11. The Morgan fingerprint density at radius 1 is 1.10 bits per heavy atom. The molecule has 0 amide bonds. The second kappa shape index (κ2) is 10.5. The van der Waals surface area contributed by atoms with Crippen molar-refractivity contribution in [1.29, 1.82) is 0 Å². The van der Waals surface area contributed by atoms with Crippen molar-refractivity contribution in [1.82, 2.24) is 0 Å². The molecular formula is C17H23ClO2. The van der Waals surface area contributed by atoms with E-state index in [4.69, 9.17) is 16.3 Å². The van der Waals surface area contributed by atoms with Gasteiger partial charge in [-0.05, 0) is 54.8 Å². The number of rotatable bonds is 10. The molecule has 0 aliphatic heterocycles. The Kier molecular flexibility index (Phi) is 8.81. The Balaban J connectivity index is 2.13. The molecule has 20 heavy (non-hydrogen) atoms. The summed E-state index contributed by atoms with van der Waals surface area (Å²) in [7, 11) is 0. The molecular weight excluding hydrogens is 272 g/mol. The minimum Gasteiger partial charge on any atom is -0.465 e. The maximum Gasteiger partial charge on any atom is 0.252 e. The number of benzene rings is 1. The summed E-state index contributed by atoms with van der Waals surface area (Å²) in [6.45, 7) is 2.23. The van der Waals surface area contributed by atoms with E-state index in [2.05, 4.69) is 6.92 Å². The fraction of sp³-hybridized carbons (Fsp3) is 0.471. The first kappa shape index (κ1) is 16.8. The minimum atomic E-state index is -0.449. The van der Waals surface area contributed by atoms with Crippen molar-refractivity contribution in [2.24, 2.45) is 0 Å². The van der Waals surface area contributed by atoms with Crippen LogP contribution in [0.15, 0.2) is 36.6 Å². The van der Waals surface area contributed by atoms with Crippen LogP contribution in [-0.2, 0) is 0 Å². The summed E-state index contributed by atoms with van der Waals surface area (Å²) < 4.78 is 5.45. The highest BCUT2D eigenvalue weighted by Crippen LogP contribution is 2.14. The van der Waals surface area contributed by atoms with Crippen LogP contribution >= 0.6 is 11.6 Å². The summed E-state index contributed by atoms with van der Waals surface area (Å²) in [4.78, 5) is 10.9. The second-order valence-electron chi connectivity index (χ2n) is 4.84. The van der Waals surface area contributed by atoms with Crippen LogP contribution < -0.4 is 4.74 Å². The first-order valence-electron chi connectivity index (χ1n) is 7.35. The Morgan fingerprint density at radius 2 is 1.75 bits per heavy atom. The molecule has 0 N–H and O–H groups in total. The Labute approximate surface area is 126 Å². The molecule has 1 aromatic rings. The standard InChI is InChI=1S/C17H23ClO2/c1-2-3-4-5-6-7-8-9-14-20-16-12-10-15(11-13-16)17(18)19/h9-14H,2-8H2,1H3/b14-9+. The van der Waals surface area contributed by atoms with Gasteiger partial charge in [0.25, 0.3) is 5.24 Å². The summed E-state index contributed by atoms with van der Waals surface area (Å²) in [5.41, 5.74) is 0.482. The number of unbranched alkanes of at least 4 members (excludes halogenated alkanes) is 6. The van der Waals surface area contributed by atoms with Crippen molar-refractivity contribution in [2.45, 2.75) is 51.9 Å². The van der Waals surface area contributed by atoms with Gasteiger partial charge in [-0.15, -0.1) is 0 Å². The zero-order valence-corrected chi connectivity index (χ0v) is 12.9. The highest BCUT2D eigenvalue weighted by Gasteiger charge is 2.00. The molecule has 110 valence electrons. The van der Waals surface area contributed by atoms with Gasteiger partial charge in [0.05, 0.1) is 6.26 Å². The van der Waals surface area contributed by atoms with E-state index in [0.29, 0.717) is 11.3 Å². The maximum atomic E-state index is 10.9. The summed E-state index contributed by atoms with van der Waals surface area (Å²) in [5, 5.41) is -0.449. The quantitative estimate of drug-likeness (QED) is 0.314. The van der Waals surface area contributed by atoms with Gasteiger partial charge in [0, 0.05) is 5.56 Å².